The monoisotopic (exact) mass is 314 g/mol. The molecule has 0 saturated carbocycles. The van der Waals surface area contributed by atoms with Gasteiger partial charge >= 0.3 is 0 Å². The number of halogens is 2. The number of non-ortho nitro benzene ring substituents is 1. The van der Waals surface area contributed by atoms with Crippen molar-refractivity contribution in [1.82, 2.24) is 9.78 Å². The summed E-state index contributed by atoms with van der Waals surface area (Å²) in [5, 5.41) is 17.1. The summed E-state index contributed by atoms with van der Waals surface area (Å²) in [7, 11) is 1.64. The highest BCUT2D eigenvalue weighted by molar-refractivity contribution is 6.44. The maximum Gasteiger partial charge on any atom is 0.271 e. The van der Waals surface area contributed by atoms with Crippen molar-refractivity contribution in [1.29, 1.82) is 0 Å². The van der Waals surface area contributed by atoms with E-state index in [1.807, 2.05) is 0 Å². The first-order valence-electron chi connectivity index (χ1n) is 5.33. The molecule has 7 nitrogen and oxygen atoms in total. The molecule has 1 heterocycles. The summed E-state index contributed by atoms with van der Waals surface area (Å²) in [4.78, 5) is 22.2. The van der Waals surface area contributed by atoms with Gasteiger partial charge in [-0.3, -0.25) is 19.6 Å². The van der Waals surface area contributed by atoms with Gasteiger partial charge in [-0.05, 0) is 0 Å². The van der Waals surface area contributed by atoms with Gasteiger partial charge in [0.25, 0.3) is 11.6 Å². The van der Waals surface area contributed by atoms with E-state index >= 15 is 0 Å². The third kappa shape index (κ3) is 2.73. The predicted molar refractivity (Wildman–Crippen MR) is 74.3 cm³/mol. The van der Waals surface area contributed by atoms with E-state index in [9.17, 15) is 14.9 Å². The molecule has 0 unspecified atom stereocenters. The molecule has 0 spiro atoms. The van der Waals surface area contributed by atoms with E-state index < -0.39 is 10.8 Å². The zero-order chi connectivity index (χ0) is 14.9. The largest absolute Gasteiger partial charge is 0.307 e. The van der Waals surface area contributed by atoms with E-state index in [2.05, 4.69) is 10.4 Å². The van der Waals surface area contributed by atoms with Crippen LogP contribution in [0.2, 0.25) is 10.0 Å². The van der Waals surface area contributed by atoms with Crippen molar-refractivity contribution in [3.05, 3.63) is 50.1 Å². The molecule has 20 heavy (non-hydrogen) atoms. The Bertz CT molecular complexity index is 699. The highest BCUT2D eigenvalue weighted by Crippen LogP contribution is 2.31. The molecular weight excluding hydrogens is 307 g/mol. The molecular formula is C11H8Cl2N4O3. The van der Waals surface area contributed by atoms with Gasteiger partial charge < -0.3 is 5.32 Å². The lowest BCUT2D eigenvalue weighted by atomic mass is 10.2. The van der Waals surface area contributed by atoms with Gasteiger partial charge in [0.1, 0.15) is 5.82 Å². The number of amides is 1. The van der Waals surface area contributed by atoms with Crippen molar-refractivity contribution in [2.24, 2.45) is 7.05 Å². The second kappa shape index (κ2) is 5.48. The Morgan fingerprint density at radius 3 is 2.70 bits per heavy atom. The summed E-state index contributed by atoms with van der Waals surface area (Å²) in [5.74, 6) is -0.183. The number of nitrogens with zero attached hydrogens (tertiary/aromatic N) is 3. The minimum absolute atomic E-state index is 0.0445. The van der Waals surface area contributed by atoms with E-state index in [0.717, 1.165) is 12.1 Å². The summed E-state index contributed by atoms with van der Waals surface area (Å²) in [6, 6.07) is 3.73. The van der Waals surface area contributed by atoms with E-state index in [1.165, 1.54) is 10.9 Å². The smallest absolute Gasteiger partial charge is 0.271 e. The van der Waals surface area contributed by atoms with Gasteiger partial charge in [-0.15, -0.1) is 0 Å². The van der Waals surface area contributed by atoms with E-state index in [1.54, 1.807) is 13.1 Å². The molecule has 2 rings (SSSR count). The second-order valence-corrected chi connectivity index (χ2v) is 4.63. The van der Waals surface area contributed by atoms with Crippen molar-refractivity contribution >= 4 is 40.6 Å². The lowest BCUT2D eigenvalue weighted by molar-refractivity contribution is -0.384. The molecule has 1 aromatic heterocycles. The third-order valence-corrected chi connectivity index (χ3v) is 3.33. The van der Waals surface area contributed by atoms with Gasteiger partial charge in [0.15, 0.2) is 0 Å². The van der Waals surface area contributed by atoms with Crippen LogP contribution < -0.4 is 5.32 Å². The van der Waals surface area contributed by atoms with E-state index in [-0.39, 0.29) is 21.3 Å². The zero-order valence-corrected chi connectivity index (χ0v) is 11.6. The topological polar surface area (TPSA) is 90.1 Å². The number of benzene rings is 1. The number of rotatable bonds is 3. The van der Waals surface area contributed by atoms with Gasteiger partial charge in [0.05, 0.1) is 26.7 Å². The first-order chi connectivity index (χ1) is 9.40. The Hall–Kier alpha value is -2.12. The third-order valence-electron chi connectivity index (χ3n) is 2.53. The maximum absolute atomic E-state index is 12.1. The SMILES string of the molecule is Cn1nccc1NC(=O)c1cc([N+](=O)[O-])cc(Cl)c1Cl. The lowest BCUT2D eigenvalue weighted by Crippen LogP contribution is -2.15. The second-order valence-electron chi connectivity index (χ2n) is 3.84. The molecule has 0 aliphatic carbocycles. The molecule has 0 aliphatic heterocycles. The Labute approximate surface area is 123 Å². The molecule has 0 atom stereocenters. The average Bonchev–Trinajstić information content (AvgIpc) is 2.77. The van der Waals surface area contributed by atoms with Gasteiger partial charge in [-0.25, -0.2) is 0 Å². The summed E-state index contributed by atoms with van der Waals surface area (Å²) < 4.78 is 1.44. The normalized spacial score (nSPS) is 10.3. The van der Waals surface area contributed by atoms with Crippen molar-refractivity contribution in [3.8, 4) is 0 Å². The number of carbonyl (C=O) groups excluding carboxylic acids is 1. The number of nitro groups is 1. The van der Waals surface area contributed by atoms with Gasteiger partial charge in [-0.2, -0.15) is 5.10 Å². The van der Waals surface area contributed by atoms with Crippen LogP contribution in [0.5, 0.6) is 0 Å². The molecule has 1 aromatic carbocycles. The fraction of sp³-hybridized carbons (Fsp3) is 0.0909. The van der Waals surface area contributed by atoms with Gasteiger partial charge in [0.2, 0.25) is 0 Å². The minimum Gasteiger partial charge on any atom is -0.307 e. The van der Waals surface area contributed by atoms with Crippen LogP contribution in [0, 0.1) is 10.1 Å². The number of nitro benzene ring substituents is 1. The number of aryl methyl sites for hydroxylation is 1. The molecule has 1 amide bonds. The molecule has 0 fully saturated rings. The fourth-order valence-corrected chi connectivity index (χ4v) is 1.93. The number of aromatic nitrogens is 2. The average molecular weight is 315 g/mol. The van der Waals surface area contributed by atoms with Gasteiger partial charge in [0, 0.05) is 25.2 Å². The number of hydrogen-bond acceptors (Lipinski definition) is 4. The summed E-state index contributed by atoms with van der Waals surface area (Å²) in [6.45, 7) is 0. The summed E-state index contributed by atoms with van der Waals surface area (Å²) in [6.07, 6.45) is 1.50. The van der Waals surface area contributed by atoms with Crippen LogP contribution in [0.1, 0.15) is 10.4 Å². The van der Waals surface area contributed by atoms with Crippen LogP contribution >= 0.6 is 23.2 Å². The van der Waals surface area contributed by atoms with Crippen LogP contribution in [-0.4, -0.2) is 20.6 Å². The first kappa shape index (κ1) is 14.3. The van der Waals surface area contributed by atoms with Crippen molar-refractivity contribution in [3.63, 3.8) is 0 Å². The number of carbonyl (C=O) groups is 1. The Morgan fingerprint density at radius 2 is 2.15 bits per heavy atom. The van der Waals surface area contributed by atoms with E-state index in [0.29, 0.717) is 5.82 Å². The van der Waals surface area contributed by atoms with Crippen molar-refractivity contribution in [2.45, 2.75) is 0 Å². The lowest BCUT2D eigenvalue weighted by Gasteiger charge is -2.07. The molecule has 104 valence electrons. The minimum atomic E-state index is -0.650. The van der Waals surface area contributed by atoms with Crippen molar-refractivity contribution < 1.29 is 9.72 Å². The molecule has 1 N–H and O–H groups in total. The number of hydrogen-bond donors (Lipinski definition) is 1. The molecule has 0 radical (unpaired) electrons. The van der Waals surface area contributed by atoms with Crippen LogP contribution in [-0.2, 0) is 7.05 Å². The number of nitrogens with one attached hydrogen (secondary N) is 1. The quantitative estimate of drug-likeness (QED) is 0.696. The van der Waals surface area contributed by atoms with Crippen LogP contribution in [0.3, 0.4) is 0 Å². The Balaban J connectivity index is 2.39. The molecule has 2 aromatic rings. The summed E-state index contributed by atoms with van der Waals surface area (Å²) >= 11 is 11.7. The van der Waals surface area contributed by atoms with Crippen LogP contribution in [0.15, 0.2) is 24.4 Å². The molecule has 0 saturated heterocycles. The number of anilines is 1. The highest BCUT2D eigenvalue weighted by Gasteiger charge is 2.20. The zero-order valence-electron chi connectivity index (χ0n) is 10.1. The van der Waals surface area contributed by atoms with Gasteiger partial charge in [-0.1, -0.05) is 23.2 Å². The Kier molecular flexibility index (Phi) is 3.91. The Morgan fingerprint density at radius 1 is 1.45 bits per heavy atom. The van der Waals surface area contributed by atoms with Crippen LogP contribution in [0.4, 0.5) is 11.5 Å². The first-order valence-corrected chi connectivity index (χ1v) is 6.08. The standard InChI is InChI=1S/C11H8Cl2N4O3/c1-16-9(2-3-14-16)15-11(18)7-4-6(17(19)20)5-8(12)10(7)13/h2-5H,1H3,(H,15,18). The maximum atomic E-state index is 12.1. The molecule has 0 bridgehead atoms. The molecule has 0 aliphatic rings. The summed E-state index contributed by atoms with van der Waals surface area (Å²) in [5.41, 5.74) is -0.387. The van der Waals surface area contributed by atoms with Crippen molar-refractivity contribution in [2.75, 3.05) is 5.32 Å². The predicted octanol–water partition coefficient (Wildman–Crippen LogP) is 2.89. The van der Waals surface area contributed by atoms with Crippen LogP contribution in [0.25, 0.3) is 0 Å². The van der Waals surface area contributed by atoms with E-state index in [4.69, 9.17) is 23.2 Å². The highest BCUT2D eigenvalue weighted by atomic mass is 35.5. The fourth-order valence-electron chi connectivity index (χ4n) is 1.53. The molecule has 9 heteroatoms.